The number of carbonyl (C=O) groups is 1. The molecule has 0 bridgehead atoms. The lowest BCUT2D eigenvalue weighted by atomic mass is 9.99. The van der Waals surface area contributed by atoms with Crippen molar-refractivity contribution >= 4 is 17.5 Å². The number of hydrogen-bond donors (Lipinski definition) is 1. The standard InChI is InChI=1S/C11H11ClN2O/c1-7(11(14)15)4-8-2-3-10(12)9(5-8)6-13/h2-3,5,7H,4H2,1H3,(H2,14,15). The molecule has 0 saturated heterocycles. The van der Waals surface area contributed by atoms with Gasteiger partial charge in [0.15, 0.2) is 0 Å². The van der Waals surface area contributed by atoms with E-state index in [2.05, 4.69) is 0 Å². The highest BCUT2D eigenvalue weighted by Gasteiger charge is 2.10. The minimum absolute atomic E-state index is 0.238. The number of primary amides is 1. The van der Waals surface area contributed by atoms with Crippen LogP contribution in [0.15, 0.2) is 18.2 Å². The maximum Gasteiger partial charge on any atom is 0.220 e. The Morgan fingerprint density at radius 2 is 2.33 bits per heavy atom. The molecule has 1 rings (SSSR count). The van der Waals surface area contributed by atoms with Crippen molar-refractivity contribution in [3.05, 3.63) is 34.3 Å². The van der Waals surface area contributed by atoms with Gasteiger partial charge in [-0.25, -0.2) is 0 Å². The van der Waals surface area contributed by atoms with Gasteiger partial charge in [0.25, 0.3) is 0 Å². The average molecular weight is 223 g/mol. The highest BCUT2D eigenvalue weighted by atomic mass is 35.5. The van der Waals surface area contributed by atoms with Crippen molar-refractivity contribution in [1.29, 1.82) is 5.26 Å². The molecular formula is C11H11ClN2O. The smallest absolute Gasteiger partial charge is 0.220 e. The van der Waals surface area contributed by atoms with E-state index >= 15 is 0 Å². The highest BCUT2D eigenvalue weighted by molar-refractivity contribution is 6.31. The van der Waals surface area contributed by atoms with Gasteiger partial charge in [-0.05, 0) is 24.1 Å². The Bertz CT molecular complexity index is 423. The summed E-state index contributed by atoms with van der Waals surface area (Å²) in [5.41, 5.74) is 6.47. The molecule has 3 nitrogen and oxygen atoms in total. The molecule has 0 saturated carbocycles. The normalized spacial score (nSPS) is 11.8. The summed E-state index contributed by atoms with van der Waals surface area (Å²) < 4.78 is 0. The molecule has 1 unspecified atom stereocenters. The third-order valence-electron chi connectivity index (χ3n) is 2.18. The van der Waals surface area contributed by atoms with Gasteiger partial charge in [0.2, 0.25) is 5.91 Å². The quantitative estimate of drug-likeness (QED) is 0.849. The van der Waals surface area contributed by atoms with Gasteiger partial charge in [-0.2, -0.15) is 5.26 Å². The second-order valence-electron chi connectivity index (χ2n) is 3.43. The van der Waals surface area contributed by atoms with E-state index < -0.39 is 0 Å². The molecule has 0 heterocycles. The zero-order valence-electron chi connectivity index (χ0n) is 8.33. The van der Waals surface area contributed by atoms with Crippen molar-refractivity contribution in [2.45, 2.75) is 13.3 Å². The van der Waals surface area contributed by atoms with Gasteiger partial charge in [-0.3, -0.25) is 4.79 Å². The number of nitrogens with zero attached hydrogens (tertiary/aromatic N) is 1. The van der Waals surface area contributed by atoms with E-state index in [4.69, 9.17) is 22.6 Å². The van der Waals surface area contributed by atoms with E-state index in [1.54, 1.807) is 25.1 Å². The van der Waals surface area contributed by atoms with Gasteiger partial charge < -0.3 is 5.73 Å². The summed E-state index contributed by atoms with van der Waals surface area (Å²) in [6.45, 7) is 1.75. The molecule has 1 amide bonds. The predicted octanol–water partition coefficient (Wildman–Crippen LogP) is 1.88. The maximum absolute atomic E-state index is 10.9. The van der Waals surface area contributed by atoms with E-state index in [0.29, 0.717) is 17.0 Å². The summed E-state index contributed by atoms with van der Waals surface area (Å²) in [6.07, 6.45) is 0.529. The van der Waals surface area contributed by atoms with Crippen LogP contribution >= 0.6 is 11.6 Å². The monoisotopic (exact) mass is 222 g/mol. The zero-order chi connectivity index (χ0) is 11.4. The lowest BCUT2D eigenvalue weighted by Crippen LogP contribution is -2.22. The summed E-state index contributed by atoms with van der Waals surface area (Å²) >= 11 is 5.78. The van der Waals surface area contributed by atoms with Gasteiger partial charge in [-0.1, -0.05) is 24.6 Å². The molecule has 0 aliphatic rings. The molecule has 0 fully saturated rings. The van der Waals surface area contributed by atoms with Crippen molar-refractivity contribution < 1.29 is 4.79 Å². The summed E-state index contributed by atoms with van der Waals surface area (Å²) in [5, 5.41) is 9.18. The fraction of sp³-hybridized carbons (Fsp3) is 0.273. The van der Waals surface area contributed by atoms with Crippen LogP contribution in [0.4, 0.5) is 0 Å². The van der Waals surface area contributed by atoms with E-state index in [1.807, 2.05) is 6.07 Å². The first-order valence-corrected chi connectivity index (χ1v) is 4.90. The molecule has 1 aromatic rings. The second kappa shape index (κ2) is 4.81. The van der Waals surface area contributed by atoms with Gasteiger partial charge in [0.1, 0.15) is 6.07 Å². The summed E-state index contributed by atoms with van der Waals surface area (Å²) in [7, 11) is 0. The van der Waals surface area contributed by atoms with E-state index in [1.165, 1.54) is 0 Å². The Balaban J connectivity index is 2.89. The van der Waals surface area contributed by atoms with Crippen LogP contribution in [0.25, 0.3) is 0 Å². The van der Waals surface area contributed by atoms with Crippen LogP contribution in [-0.2, 0) is 11.2 Å². The number of halogens is 1. The number of rotatable bonds is 3. The van der Waals surface area contributed by atoms with Gasteiger partial charge in [0, 0.05) is 5.92 Å². The third kappa shape index (κ3) is 2.97. The predicted molar refractivity (Wildman–Crippen MR) is 58.2 cm³/mol. The van der Waals surface area contributed by atoms with Gasteiger partial charge >= 0.3 is 0 Å². The first kappa shape index (κ1) is 11.5. The minimum atomic E-state index is -0.344. The molecule has 0 spiro atoms. The third-order valence-corrected chi connectivity index (χ3v) is 2.51. The highest BCUT2D eigenvalue weighted by Crippen LogP contribution is 2.18. The van der Waals surface area contributed by atoms with E-state index in [0.717, 1.165) is 5.56 Å². The minimum Gasteiger partial charge on any atom is -0.369 e. The van der Waals surface area contributed by atoms with E-state index in [-0.39, 0.29) is 11.8 Å². The molecule has 4 heteroatoms. The van der Waals surface area contributed by atoms with Gasteiger partial charge in [0.05, 0.1) is 10.6 Å². The maximum atomic E-state index is 10.9. The van der Waals surface area contributed by atoms with Crippen LogP contribution in [0.3, 0.4) is 0 Å². The number of nitriles is 1. The van der Waals surface area contributed by atoms with Crippen molar-refractivity contribution in [2.24, 2.45) is 11.7 Å². The Labute approximate surface area is 93.5 Å². The second-order valence-corrected chi connectivity index (χ2v) is 3.84. The summed E-state index contributed by atoms with van der Waals surface area (Å²) in [4.78, 5) is 10.9. The Kier molecular flexibility index (Phi) is 3.70. The van der Waals surface area contributed by atoms with Crippen LogP contribution in [0.1, 0.15) is 18.1 Å². The number of carbonyl (C=O) groups excluding carboxylic acids is 1. The number of nitrogens with two attached hydrogens (primary N) is 1. The fourth-order valence-electron chi connectivity index (χ4n) is 1.24. The lowest BCUT2D eigenvalue weighted by Gasteiger charge is -2.07. The molecule has 15 heavy (non-hydrogen) atoms. The molecule has 1 atom stereocenters. The topological polar surface area (TPSA) is 66.9 Å². The van der Waals surface area contributed by atoms with Crippen molar-refractivity contribution in [3.8, 4) is 6.07 Å². The molecule has 0 aliphatic carbocycles. The number of benzene rings is 1. The molecule has 0 radical (unpaired) electrons. The molecule has 0 aliphatic heterocycles. The number of amides is 1. The van der Waals surface area contributed by atoms with Gasteiger partial charge in [-0.15, -0.1) is 0 Å². The molecule has 1 aromatic carbocycles. The van der Waals surface area contributed by atoms with Crippen molar-refractivity contribution in [1.82, 2.24) is 0 Å². The van der Waals surface area contributed by atoms with Crippen LogP contribution in [0.2, 0.25) is 5.02 Å². The van der Waals surface area contributed by atoms with E-state index in [9.17, 15) is 4.79 Å². The molecule has 0 aromatic heterocycles. The summed E-state index contributed by atoms with van der Waals surface area (Å²) in [5.74, 6) is -0.582. The van der Waals surface area contributed by atoms with Crippen LogP contribution in [-0.4, -0.2) is 5.91 Å². The largest absolute Gasteiger partial charge is 0.369 e. The van der Waals surface area contributed by atoms with Crippen molar-refractivity contribution in [3.63, 3.8) is 0 Å². The average Bonchev–Trinajstić information content (AvgIpc) is 2.20. The SMILES string of the molecule is CC(Cc1ccc(Cl)c(C#N)c1)C(N)=O. The summed E-state index contributed by atoms with van der Waals surface area (Å²) in [6, 6.07) is 7.12. The molecule has 2 N–H and O–H groups in total. The first-order valence-electron chi connectivity index (χ1n) is 4.52. The molecule has 78 valence electrons. The Morgan fingerprint density at radius 3 is 2.87 bits per heavy atom. The zero-order valence-corrected chi connectivity index (χ0v) is 9.08. The van der Waals surface area contributed by atoms with Crippen LogP contribution in [0.5, 0.6) is 0 Å². The lowest BCUT2D eigenvalue weighted by molar-refractivity contribution is -0.121. The Hall–Kier alpha value is -1.53. The van der Waals surface area contributed by atoms with Crippen LogP contribution in [0, 0.1) is 17.2 Å². The number of hydrogen-bond acceptors (Lipinski definition) is 2. The van der Waals surface area contributed by atoms with Crippen LogP contribution < -0.4 is 5.73 Å². The molecular weight excluding hydrogens is 212 g/mol. The fourth-order valence-corrected chi connectivity index (χ4v) is 1.40. The first-order chi connectivity index (χ1) is 7.04. The van der Waals surface area contributed by atoms with Crippen molar-refractivity contribution in [2.75, 3.05) is 0 Å². The Morgan fingerprint density at radius 1 is 1.67 bits per heavy atom.